The molecule has 47 heavy (non-hydrogen) atoms. The number of hydrogen-bond acceptors (Lipinski definition) is 4. The molecule has 1 aromatic carbocycles. The van der Waals surface area contributed by atoms with Gasteiger partial charge in [-0.3, -0.25) is 0 Å². The predicted octanol–water partition coefficient (Wildman–Crippen LogP) is 10.7. The molecule has 1 fully saturated rings. The maximum atomic E-state index is 6.08. The van der Waals surface area contributed by atoms with Gasteiger partial charge in [0.15, 0.2) is 0 Å². The summed E-state index contributed by atoms with van der Waals surface area (Å²) in [5.74, 6) is 1.19. The van der Waals surface area contributed by atoms with Gasteiger partial charge in [-0.05, 0) is 109 Å². The molecule has 0 aliphatic heterocycles. The van der Waals surface area contributed by atoms with Crippen LogP contribution in [-0.2, 0) is 4.74 Å². The van der Waals surface area contributed by atoms with Gasteiger partial charge in [-0.1, -0.05) is 131 Å². The molecule has 3 aliphatic rings. The SMILES string of the molecule is C=C(NCCCNC)C(C)CC1=CC(COC2CCCCC2)C1.C=Cc1ccc(C)cc1.CC.CCCNCCCC1=CC=CCC1. The number of hydrogen-bond donors (Lipinski definition) is 3. The molecule has 266 valence electrons. The lowest BCUT2D eigenvalue weighted by Crippen LogP contribution is -2.25. The quantitative estimate of drug-likeness (QED) is 0.110. The van der Waals surface area contributed by atoms with E-state index in [0.29, 0.717) is 17.9 Å². The minimum atomic E-state index is 0.524. The van der Waals surface area contributed by atoms with Crippen molar-refractivity contribution in [2.45, 2.75) is 124 Å². The molecule has 0 heterocycles. The zero-order valence-corrected chi connectivity index (χ0v) is 31.5. The van der Waals surface area contributed by atoms with Crippen molar-refractivity contribution in [3.63, 3.8) is 0 Å². The highest BCUT2D eigenvalue weighted by Crippen LogP contribution is 2.33. The summed E-state index contributed by atoms with van der Waals surface area (Å²) < 4.78 is 6.08. The van der Waals surface area contributed by atoms with Gasteiger partial charge in [-0.25, -0.2) is 0 Å². The van der Waals surface area contributed by atoms with Gasteiger partial charge >= 0.3 is 0 Å². The monoisotopic (exact) mass is 648 g/mol. The molecular weight excluding hydrogens is 574 g/mol. The Morgan fingerprint density at radius 2 is 1.72 bits per heavy atom. The topological polar surface area (TPSA) is 45.3 Å². The van der Waals surface area contributed by atoms with E-state index in [1.54, 1.807) is 11.1 Å². The van der Waals surface area contributed by atoms with Crippen LogP contribution in [0.15, 0.2) is 78.6 Å². The molecule has 1 aromatic rings. The van der Waals surface area contributed by atoms with Gasteiger partial charge in [0.25, 0.3) is 0 Å². The minimum absolute atomic E-state index is 0.524. The Kier molecular flexibility index (Phi) is 25.9. The van der Waals surface area contributed by atoms with Crippen LogP contribution in [0.1, 0.15) is 122 Å². The molecule has 0 saturated heterocycles. The van der Waals surface area contributed by atoms with E-state index in [4.69, 9.17) is 4.74 Å². The van der Waals surface area contributed by atoms with Gasteiger partial charge in [0.05, 0.1) is 12.7 Å². The molecule has 0 aromatic heterocycles. The highest BCUT2D eigenvalue weighted by atomic mass is 16.5. The fraction of sp³-hybridized carbons (Fsp3) is 0.628. The van der Waals surface area contributed by atoms with Crippen LogP contribution in [-0.4, -0.2) is 45.9 Å². The first-order valence-corrected chi connectivity index (χ1v) is 19.1. The number of rotatable bonds is 18. The van der Waals surface area contributed by atoms with Gasteiger partial charge < -0.3 is 20.7 Å². The Bertz CT molecular complexity index is 1020. The summed E-state index contributed by atoms with van der Waals surface area (Å²) in [6, 6.07) is 8.28. The second kappa shape index (κ2) is 28.6. The second-order valence-electron chi connectivity index (χ2n) is 13.2. The Morgan fingerprint density at radius 1 is 1.00 bits per heavy atom. The van der Waals surface area contributed by atoms with Crippen molar-refractivity contribution in [2.24, 2.45) is 11.8 Å². The van der Waals surface area contributed by atoms with Crippen molar-refractivity contribution in [3.8, 4) is 0 Å². The normalized spacial score (nSPS) is 17.5. The summed E-state index contributed by atoms with van der Waals surface area (Å²) in [4.78, 5) is 0. The Balaban J connectivity index is 0.000000386. The van der Waals surface area contributed by atoms with E-state index in [2.05, 4.69) is 98.4 Å². The van der Waals surface area contributed by atoms with E-state index in [1.807, 2.05) is 27.0 Å². The Labute approximate surface area is 291 Å². The van der Waals surface area contributed by atoms with Crippen molar-refractivity contribution in [1.82, 2.24) is 16.0 Å². The molecule has 0 spiro atoms. The summed E-state index contributed by atoms with van der Waals surface area (Å²) >= 11 is 0. The van der Waals surface area contributed by atoms with Crippen molar-refractivity contribution in [3.05, 3.63) is 89.7 Å². The van der Waals surface area contributed by atoms with Gasteiger partial charge in [0.1, 0.15) is 0 Å². The van der Waals surface area contributed by atoms with Crippen molar-refractivity contribution >= 4 is 6.08 Å². The van der Waals surface area contributed by atoms with Gasteiger partial charge in [-0.2, -0.15) is 0 Å². The lowest BCUT2D eigenvalue weighted by Gasteiger charge is -2.30. The van der Waals surface area contributed by atoms with E-state index >= 15 is 0 Å². The average Bonchev–Trinajstić information content (AvgIpc) is 3.10. The number of allylic oxidation sites excluding steroid dienone is 6. The minimum Gasteiger partial charge on any atom is -0.389 e. The van der Waals surface area contributed by atoms with Crippen LogP contribution in [0, 0.1) is 18.8 Å². The third-order valence-electron chi connectivity index (χ3n) is 8.90. The van der Waals surface area contributed by atoms with E-state index in [-0.39, 0.29) is 0 Å². The summed E-state index contributed by atoms with van der Waals surface area (Å²) in [6.45, 7) is 23.8. The van der Waals surface area contributed by atoms with Crippen LogP contribution in [0.5, 0.6) is 0 Å². The lowest BCUT2D eigenvalue weighted by molar-refractivity contribution is 0.0123. The van der Waals surface area contributed by atoms with Crippen LogP contribution in [0.3, 0.4) is 0 Å². The second-order valence-corrected chi connectivity index (χ2v) is 13.2. The Morgan fingerprint density at radius 3 is 2.34 bits per heavy atom. The molecule has 0 radical (unpaired) electrons. The molecule has 0 bridgehead atoms. The summed E-state index contributed by atoms with van der Waals surface area (Å²) in [6.07, 6.45) is 28.1. The van der Waals surface area contributed by atoms with Crippen LogP contribution in [0.4, 0.5) is 0 Å². The molecule has 1 saturated carbocycles. The zero-order valence-electron chi connectivity index (χ0n) is 31.5. The molecule has 4 heteroatoms. The smallest absolute Gasteiger partial charge is 0.0575 e. The molecule has 3 aliphatic carbocycles. The first-order chi connectivity index (χ1) is 22.9. The number of benzene rings is 1. The summed E-state index contributed by atoms with van der Waals surface area (Å²) in [5, 5.41) is 10.1. The van der Waals surface area contributed by atoms with E-state index in [0.717, 1.165) is 32.5 Å². The van der Waals surface area contributed by atoms with Gasteiger partial charge in [-0.15, -0.1) is 0 Å². The fourth-order valence-electron chi connectivity index (χ4n) is 5.90. The zero-order chi connectivity index (χ0) is 34.5. The number of ether oxygens (including phenoxy) is 1. The van der Waals surface area contributed by atoms with Crippen LogP contribution >= 0.6 is 0 Å². The van der Waals surface area contributed by atoms with Gasteiger partial charge in [0, 0.05) is 18.2 Å². The Hall–Kier alpha value is -2.40. The summed E-state index contributed by atoms with van der Waals surface area (Å²) in [5.41, 5.74) is 6.87. The maximum absolute atomic E-state index is 6.08. The van der Waals surface area contributed by atoms with Crippen molar-refractivity contribution < 1.29 is 4.74 Å². The third kappa shape index (κ3) is 21.2. The predicted molar refractivity (Wildman–Crippen MR) is 210 cm³/mol. The number of aryl methyl sites for hydroxylation is 1. The van der Waals surface area contributed by atoms with E-state index in [9.17, 15) is 0 Å². The lowest BCUT2D eigenvalue weighted by atomic mass is 9.81. The molecule has 3 N–H and O–H groups in total. The van der Waals surface area contributed by atoms with Crippen molar-refractivity contribution in [2.75, 3.05) is 39.8 Å². The maximum Gasteiger partial charge on any atom is 0.0575 e. The largest absolute Gasteiger partial charge is 0.389 e. The molecular formula is C43H73N3O. The molecule has 2 unspecified atom stereocenters. The standard InChI is InChI=1S/C20H36N2O.C12H21N.C9H10.C2H6/c1-16(17(2)22-11-7-10-21-3)12-18-13-19(14-18)15-23-20-8-5-4-6-9-20;1-2-10-13-11-6-9-12-7-4-3-5-8-12;1-3-9-6-4-8(2)5-7-9;1-2/h13,16,19-22H,2,4-12,14-15H2,1,3H3;3-4,7,13H,2,5-6,8-11H2,1H3;3-7H,1H2,2H3;1-2H3. The highest BCUT2D eigenvalue weighted by Gasteiger charge is 2.23. The van der Waals surface area contributed by atoms with Crippen LogP contribution < -0.4 is 16.0 Å². The average molecular weight is 648 g/mol. The van der Waals surface area contributed by atoms with E-state index < -0.39 is 0 Å². The van der Waals surface area contributed by atoms with Crippen LogP contribution in [0.25, 0.3) is 6.08 Å². The third-order valence-corrected chi connectivity index (χ3v) is 8.90. The van der Waals surface area contributed by atoms with Gasteiger partial charge in [0.2, 0.25) is 0 Å². The molecule has 4 rings (SSSR count). The first kappa shape index (κ1) is 42.6. The number of nitrogens with one attached hydrogen (secondary N) is 3. The molecule has 4 nitrogen and oxygen atoms in total. The highest BCUT2D eigenvalue weighted by molar-refractivity contribution is 5.46. The first-order valence-electron chi connectivity index (χ1n) is 19.1. The van der Waals surface area contributed by atoms with Crippen molar-refractivity contribution in [1.29, 1.82) is 0 Å². The molecule has 0 amide bonds. The van der Waals surface area contributed by atoms with Crippen LogP contribution in [0.2, 0.25) is 0 Å². The van der Waals surface area contributed by atoms with E-state index in [1.165, 1.54) is 101 Å². The molecule has 2 atom stereocenters. The summed E-state index contributed by atoms with van der Waals surface area (Å²) in [7, 11) is 1.99. The fourth-order valence-corrected chi connectivity index (χ4v) is 5.90.